The van der Waals surface area contributed by atoms with E-state index in [-0.39, 0.29) is 0 Å². The average molecular weight is 394 g/mol. The first kappa shape index (κ1) is 24.2. The first-order valence-corrected chi connectivity index (χ1v) is 12.0. The first-order valence-electron chi connectivity index (χ1n) is 12.0. The van der Waals surface area contributed by atoms with Gasteiger partial charge in [-0.1, -0.05) is 41.0 Å². The van der Waals surface area contributed by atoms with Crippen molar-refractivity contribution < 1.29 is 0 Å². The van der Waals surface area contributed by atoms with Crippen molar-refractivity contribution in [2.75, 3.05) is 46.3 Å². The molecule has 2 aliphatic rings. The lowest BCUT2D eigenvalue weighted by molar-refractivity contribution is -0.00894. The van der Waals surface area contributed by atoms with Gasteiger partial charge in [0, 0.05) is 37.8 Å². The molecular formula is C25H51N3. The van der Waals surface area contributed by atoms with Gasteiger partial charge >= 0.3 is 0 Å². The summed E-state index contributed by atoms with van der Waals surface area (Å²) in [6.45, 7) is 27.2. The Labute approximate surface area is 177 Å². The summed E-state index contributed by atoms with van der Waals surface area (Å²) in [7, 11) is 2.27. The minimum atomic E-state index is 0.296. The number of piperazine rings is 1. The highest BCUT2D eigenvalue weighted by molar-refractivity contribution is 4.94. The first-order chi connectivity index (χ1) is 12.9. The highest BCUT2D eigenvalue weighted by Gasteiger charge is 2.40. The summed E-state index contributed by atoms with van der Waals surface area (Å²) in [5.41, 5.74) is 1.19. The van der Waals surface area contributed by atoms with Crippen LogP contribution < -0.4 is 0 Å². The Bertz CT molecular complexity index is 466. The molecule has 3 nitrogen and oxygen atoms in total. The Morgan fingerprint density at radius 2 is 1.39 bits per heavy atom. The van der Waals surface area contributed by atoms with Gasteiger partial charge in [-0.15, -0.1) is 0 Å². The molecule has 1 unspecified atom stereocenters. The Hall–Kier alpha value is -0.120. The summed E-state index contributed by atoms with van der Waals surface area (Å²) in [5, 5.41) is 0. The molecule has 0 aromatic heterocycles. The molecule has 0 bridgehead atoms. The van der Waals surface area contributed by atoms with E-state index in [1.54, 1.807) is 0 Å². The minimum Gasteiger partial charge on any atom is -0.306 e. The molecule has 3 heteroatoms. The molecule has 0 amide bonds. The second-order valence-electron chi connectivity index (χ2n) is 12.1. The summed E-state index contributed by atoms with van der Waals surface area (Å²) >= 11 is 0. The Balaban J connectivity index is 1.88. The molecule has 2 saturated heterocycles. The fraction of sp³-hybridized carbons (Fsp3) is 1.00. The van der Waals surface area contributed by atoms with Gasteiger partial charge in [-0.3, -0.25) is 9.80 Å². The third kappa shape index (κ3) is 6.44. The van der Waals surface area contributed by atoms with Crippen molar-refractivity contribution in [2.24, 2.45) is 16.7 Å². The average Bonchev–Trinajstić information content (AvgIpc) is 2.61. The van der Waals surface area contributed by atoms with Crippen molar-refractivity contribution >= 4 is 0 Å². The lowest BCUT2D eigenvalue weighted by Gasteiger charge is -2.50. The molecule has 2 rings (SSSR count). The lowest BCUT2D eigenvalue weighted by Crippen LogP contribution is -2.57. The van der Waals surface area contributed by atoms with E-state index in [0.29, 0.717) is 22.4 Å². The topological polar surface area (TPSA) is 9.72 Å². The molecular weight excluding hydrogens is 342 g/mol. The van der Waals surface area contributed by atoms with E-state index in [1.807, 2.05) is 0 Å². The van der Waals surface area contributed by atoms with Crippen molar-refractivity contribution in [2.45, 2.75) is 99.1 Å². The van der Waals surface area contributed by atoms with Crippen LogP contribution in [0, 0.1) is 16.7 Å². The van der Waals surface area contributed by atoms with Gasteiger partial charge in [0.25, 0.3) is 0 Å². The van der Waals surface area contributed by atoms with Crippen LogP contribution >= 0.6 is 0 Å². The molecule has 0 N–H and O–H groups in total. The number of nitrogens with zero attached hydrogens (tertiary/aromatic N) is 3. The monoisotopic (exact) mass is 393 g/mol. The van der Waals surface area contributed by atoms with Crippen LogP contribution in [0.5, 0.6) is 0 Å². The van der Waals surface area contributed by atoms with Gasteiger partial charge in [-0.05, 0) is 83.3 Å². The van der Waals surface area contributed by atoms with Crippen molar-refractivity contribution in [1.82, 2.24) is 14.7 Å². The molecule has 0 aliphatic carbocycles. The zero-order valence-electron chi connectivity index (χ0n) is 20.8. The number of hydrogen-bond donors (Lipinski definition) is 0. The van der Waals surface area contributed by atoms with E-state index in [2.05, 4.69) is 77.1 Å². The van der Waals surface area contributed by atoms with Crippen LogP contribution in [-0.2, 0) is 0 Å². The van der Waals surface area contributed by atoms with Crippen molar-refractivity contribution in [3.05, 3.63) is 0 Å². The maximum absolute atomic E-state index is 2.79. The predicted octanol–water partition coefficient (Wildman–Crippen LogP) is 5.36. The fourth-order valence-corrected chi connectivity index (χ4v) is 6.00. The van der Waals surface area contributed by atoms with E-state index in [9.17, 15) is 0 Å². The zero-order valence-corrected chi connectivity index (χ0v) is 20.8. The predicted molar refractivity (Wildman–Crippen MR) is 124 cm³/mol. The zero-order chi connectivity index (χ0) is 21.2. The molecule has 0 radical (unpaired) electrons. The number of piperidine rings is 1. The summed E-state index contributed by atoms with van der Waals surface area (Å²) in [6.07, 6.45) is 6.65. The second-order valence-corrected chi connectivity index (χ2v) is 12.1. The Kier molecular flexibility index (Phi) is 8.07. The Morgan fingerprint density at radius 3 is 1.89 bits per heavy atom. The van der Waals surface area contributed by atoms with Crippen LogP contribution in [0.1, 0.15) is 87.5 Å². The van der Waals surface area contributed by atoms with Crippen LogP contribution in [0.15, 0.2) is 0 Å². The lowest BCUT2D eigenvalue weighted by atomic mass is 9.67. The van der Waals surface area contributed by atoms with Crippen LogP contribution in [0.4, 0.5) is 0 Å². The van der Waals surface area contributed by atoms with Gasteiger partial charge in [0.15, 0.2) is 0 Å². The maximum atomic E-state index is 2.79. The standard InChI is InChI=1S/C25H51N3/c1-10-23(3,4)19-21(2)27-15-17-28(18-16-27)25(7,8)20-24(5,6)22-11-13-26(9)14-12-22/h21-22H,10-20H2,1-9H3. The van der Waals surface area contributed by atoms with E-state index in [4.69, 9.17) is 0 Å². The molecule has 2 aliphatic heterocycles. The molecule has 2 heterocycles. The second kappa shape index (κ2) is 9.35. The highest BCUT2D eigenvalue weighted by Crippen LogP contribution is 2.42. The largest absolute Gasteiger partial charge is 0.306 e. The van der Waals surface area contributed by atoms with Gasteiger partial charge < -0.3 is 4.90 Å². The number of likely N-dealkylation sites (tertiary alicyclic amines) is 1. The summed E-state index contributed by atoms with van der Waals surface area (Å²) < 4.78 is 0. The van der Waals surface area contributed by atoms with Gasteiger partial charge in [-0.25, -0.2) is 0 Å². The molecule has 0 aromatic carbocycles. The van der Waals surface area contributed by atoms with Crippen LogP contribution in [-0.4, -0.2) is 72.6 Å². The third-order valence-electron chi connectivity index (χ3n) is 8.31. The van der Waals surface area contributed by atoms with Gasteiger partial charge in [-0.2, -0.15) is 0 Å². The fourth-order valence-electron chi connectivity index (χ4n) is 6.00. The van der Waals surface area contributed by atoms with Gasteiger partial charge in [0.2, 0.25) is 0 Å². The summed E-state index contributed by atoms with van der Waals surface area (Å²) in [6, 6.07) is 0.705. The van der Waals surface area contributed by atoms with Gasteiger partial charge in [0.05, 0.1) is 0 Å². The summed E-state index contributed by atoms with van der Waals surface area (Å²) in [4.78, 5) is 8.03. The number of hydrogen-bond acceptors (Lipinski definition) is 3. The molecule has 28 heavy (non-hydrogen) atoms. The molecule has 166 valence electrons. The van der Waals surface area contributed by atoms with Crippen molar-refractivity contribution in [1.29, 1.82) is 0 Å². The smallest absolute Gasteiger partial charge is 0.0159 e. The highest BCUT2D eigenvalue weighted by atomic mass is 15.3. The molecule has 2 fully saturated rings. The van der Waals surface area contributed by atoms with Crippen molar-refractivity contribution in [3.8, 4) is 0 Å². The SMILES string of the molecule is CCC(C)(C)CC(C)N1CCN(C(C)(C)CC(C)(C)C2CCN(C)CC2)CC1. The normalized spacial score (nSPS) is 23.9. The Morgan fingerprint density at radius 1 is 0.857 bits per heavy atom. The van der Waals surface area contributed by atoms with Crippen LogP contribution in [0.25, 0.3) is 0 Å². The van der Waals surface area contributed by atoms with Gasteiger partial charge in [0.1, 0.15) is 0 Å². The molecule has 0 spiro atoms. The molecule has 0 aromatic rings. The van der Waals surface area contributed by atoms with E-state index in [0.717, 1.165) is 5.92 Å². The minimum absolute atomic E-state index is 0.296. The molecule has 0 saturated carbocycles. The van der Waals surface area contributed by atoms with E-state index < -0.39 is 0 Å². The quantitative estimate of drug-likeness (QED) is 0.550. The third-order valence-corrected chi connectivity index (χ3v) is 8.31. The molecule has 1 atom stereocenters. The maximum Gasteiger partial charge on any atom is 0.0159 e. The van der Waals surface area contributed by atoms with Crippen LogP contribution in [0.2, 0.25) is 0 Å². The van der Waals surface area contributed by atoms with Crippen LogP contribution in [0.3, 0.4) is 0 Å². The summed E-state index contributed by atoms with van der Waals surface area (Å²) in [5.74, 6) is 0.876. The van der Waals surface area contributed by atoms with Crippen molar-refractivity contribution in [3.63, 3.8) is 0 Å². The van der Waals surface area contributed by atoms with E-state index >= 15 is 0 Å². The number of rotatable bonds is 8. The van der Waals surface area contributed by atoms with E-state index in [1.165, 1.54) is 71.4 Å².